The van der Waals surface area contributed by atoms with Gasteiger partial charge >= 0.3 is 6.01 Å². The molecule has 1 aromatic rings. The van der Waals surface area contributed by atoms with E-state index in [2.05, 4.69) is 33.7 Å². The van der Waals surface area contributed by atoms with E-state index in [9.17, 15) is 0 Å². The molecule has 0 fully saturated rings. The molecule has 20 heavy (non-hydrogen) atoms. The van der Waals surface area contributed by atoms with Crippen molar-refractivity contribution in [1.29, 1.82) is 0 Å². The average molecular weight is 283 g/mol. The van der Waals surface area contributed by atoms with Gasteiger partial charge < -0.3 is 20.1 Å². The largest absolute Gasteiger partial charge is 0.464 e. The number of nitrogens with two attached hydrogens (primary N) is 1. The van der Waals surface area contributed by atoms with Crippen molar-refractivity contribution in [1.82, 2.24) is 15.0 Å². The van der Waals surface area contributed by atoms with Crippen LogP contribution in [0.25, 0.3) is 0 Å². The van der Waals surface area contributed by atoms with E-state index >= 15 is 0 Å². The lowest BCUT2D eigenvalue weighted by molar-refractivity contribution is 0.202. The van der Waals surface area contributed by atoms with Gasteiger partial charge in [-0.05, 0) is 19.8 Å². The molecule has 1 rings (SSSR count). The molecule has 0 bridgehead atoms. The number of rotatable bonds is 9. The first-order chi connectivity index (χ1) is 9.65. The van der Waals surface area contributed by atoms with Gasteiger partial charge in [-0.2, -0.15) is 15.0 Å². The number of aromatic nitrogens is 3. The SMILES string of the molecule is CCOc1nc(N)nc(N(CCOC)C(CC)CC)n1. The first-order valence-electron chi connectivity index (χ1n) is 7.06. The predicted molar refractivity (Wildman–Crippen MR) is 79.0 cm³/mol. The monoisotopic (exact) mass is 283 g/mol. The van der Waals surface area contributed by atoms with E-state index in [1.54, 1.807) is 7.11 Å². The van der Waals surface area contributed by atoms with Crippen molar-refractivity contribution in [2.75, 3.05) is 37.5 Å². The fraction of sp³-hybridized carbons (Fsp3) is 0.769. The van der Waals surface area contributed by atoms with Crippen molar-refractivity contribution in [3.8, 4) is 6.01 Å². The normalized spacial score (nSPS) is 10.8. The van der Waals surface area contributed by atoms with Gasteiger partial charge in [0, 0.05) is 19.7 Å². The lowest BCUT2D eigenvalue weighted by Crippen LogP contribution is -2.38. The number of hydrogen-bond acceptors (Lipinski definition) is 7. The van der Waals surface area contributed by atoms with Crippen LogP contribution in [-0.4, -0.2) is 47.9 Å². The maximum atomic E-state index is 5.74. The summed E-state index contributed by atoms with van der Waals surface area (Å²) in [5.41, 5.74) is 5.74. The maximum Gasteiger partial charge on any atom is 0.323 e. The molecule has 0 atom stereocenters. The van der Waals surface area contributed by atoms with E-state index < -0.39 is 0 Å². The Morgan fingerprint density at radius 3 is 2.40 bits per heavy atom. The number of nitrogen functional groups attached to an aromatic ring is 1. The van der Waals surface area contributed by atoms with Gasteiger partial charge in [0.2, 0.25) is 11.9 Å². The molecule has 0 aromatic carbocycles. The molecular formula is C13H25N5O2. The van der Waals surface area contributed by atoms with E-state index in [1.807, 2.05) is 6.92 Å². The Morgan fingerprint density at radius 1 is 1.15 bits per heavy atom. The van der Waals surface area contributed by atoms with Gasteiger partial charge in [0.1, 0.15) is 0 Å². The minimum Gasteiger partial charge on any atom is -0.464 e. The van der Waals surface area contributed by atoms with Gasteiger partial charge in [0.05, 0.1) is 13.2 Å². The highest BCUT2D eigenvalue weighted by atomic mass is 16.5. The lowest BCUT2D eigenvalue weighted by atomic mass is 10.1. The van der Waals surface area contributed by atoms with Crippen LogP contribution in [0.5, 0.6) is 6.01 Å². The van der Waals surface area contributed by atoms with Crippen molar-refractivity contribution in [2.45, 2.75) is 39.7 Å². The minimum atomic E-state index is 0.173. The first-order valence-corrected chi connectivity index (χ1v) is 7.06. The van der Waals surface area contributed by atoms with Crippen LogP contribution in [0.15, 0.2) is 0 Å². The molecule has 7 nitrogen and oxygen atoms in total. The molecule has 114 valence electrons. The summed E-state index contributed by atoms with van der Waals surface area (Å²) >= 11 is 0. The smallest absolute Gasteiger partial charge is 0.323 e. The summed E-state index contributed by atoms with van der Waals surface area (Å²) < 4.78 is 10.5. The Hall–Kier alpha value is -1.63. The molecule has 0 aliphatic rings. The number of ether oxygens (including phenoxy) is 2. The average Bonchev–Trinajstić information content (AvgIpc) is 2.43. The molecule has 1 heterocycles. The zero-order valence-electron chi connectivity index (χ0n) is 12.8. The second kappa shape index (κ2) is 8.52. The number of anilines is 2. The molecule has 7 heteroatoms. The molecule has 0 aliphatic carbocycles. The predicted octanol–water partition coefficient (Wildman–Crippen LogP) is 1.49. The van der Waals surface area contributed by atoms with Crippen LogP contribution >= 0.6 is 0 Å². The molecule has 0 unspecified atom stereocenters. The number of methoxy groups -OCH3 is 1. The molecule has 0 radical (unpaired) electrons. The maximum absolute atomic E-state index is 5.74. The van der Waals surface area contributed by atoms with E-state index in [0.717, 1.165) is 12.8 Å². The third-order valence-electron chi connectivity index (χ3n) is 3.07. The highest BCUT2D eigenvalue weighted by Gasteiger charge is 2.20. The zero-order chi connectivity index (χ0) is 15.0. The van der Waals surface area contributed by atoms with Crippen molar-refractivity contribution in [3.05, 3.63) is 0 Å². The molecule has 0 aliphatic heterocycles. The molecular weight excluding hydrogens is 258 g/mol. The third-order valence-corrected chi connectivity index (χ3v) is 3.07. The van der Waals surface area contributed by atoms with Crippen LogP contribution in [-0.2, 0) is 4.74 Å². The van der Waals surface area contributed by atoms with Gasteiger partial charge in [-0.25, -0.2) is 0 Å². The van der Waals surface area contributed by atoms with Gasteiger partial charge in [-0.1, -0.05) is 13.8 Å². The second-order valence-corrected chi connectivity index (χ2v) is 4.37. The van der Waals surface area contributed by atoms with Crippen LogP contribution in [0.1, 0.15) is 33.6 Å². The fourth-order valence-corrected chi connectivity index (χ4v) is 2.05. The Balaban J connectivity index is 3.04. The van der Waals surface area contributed by atoms with Crippen molar-refractivity contribution < 1.29 is 9.47 Å². The van der Waals surface area contributed by atoms with Gasteiger partial charge in [0.15, 0.2) is 0 Å². The molecule has 0 spiro atoms. The van der Waals surface area contributed by atoms with Gasteiger partial charge in [0.25, 0.3) is 0 Å². The zero-order valence-corrected chi connectivity index (χ0v) is 12.8. The van der Waals surface area contributed by atoms with Crippen molar-refractivity contribution >= 4 is 11.9 Å². The van der Waals surface area contributed by atoms with E-state index in [0.29, 0.717) is 31.7 Å². The molecule has 0 saturated carbocycles. The minimum absolute atomic E-state index is 0.173. The van der Waals surface area contributed by atoms with Gasteiger partial charge in [-0.15, -0.1) is 0 Å². The molecule has 0 amide bonds. The highest BCUT2D eigenvalue weighted by molar-refractivity contribution is 5.37. The fourth-order valence-electron chi connectivity index (χ4n) is 2.05. The number of nitrogens with zero attached hydrogens (tertiary/aromatic N) is 4. The summed E-state index contributed by atoms with van der Waals surface area (Å²) in [5.74, 6) is 0.721. The summed E-state index contributed by atoms with van der Waals surface area (Å²) in [6.07, 6.45) is 1.99. The molecule has 1 aromatic heterocycles. The first kappa shape index (κ1) is 16.4. The van der Waals surface area contributed by atoms with Gasteiger partial charge in [-0.3, -0.25) is 0 Å². The summed E-state index contributed by atoms with van der Waals surface area (Å²) in [6.45, 7) is 7.96. The van der Waals surface area contributed by atoms with Crippen LogP contribution in [0.2, 0.25) is 0 Å². The Labute approximate surface area is 120 Å². The van der Waals surface area contributed by atoms with Crippen LogP contribution in [0.3, 0.4) is 0 Å². The third kappa shape index (κ3) is 4.48. The number of hydrogen-bond donors (Lipinski definition) is 1. The Kier molecular flexibility index (Phi) is 7.00. The van der Waals surface area contributed by atoms with E-state index in [1.165, 1.54) is 0 Å². The van der Waals surface area contributed by atoms with Crippen LogP contribution < -0.4 is 15.4 Å². The van der Waals surface area contributed by atoms with E-state index in [-0.39, 0.29) is 12.0 Å². The Bertz CT molecular complexity index is 398. The van der Waals surface area contributed by atoms with E-state index in [4.69, 9.17) is 15.2 Å². The quantitative estimate of drug-likeness (QED) is 0.734. The van der Waals surface area contributed by atoms with Crippen molar-refractivity contribution in [2.24, 2.45) is 0 Å². The van der Waals surface area contributed by atoms with Crippen molar-refractivity contribution in [3.63, 3.8) is 0 Å². The topological polar surface area (TPSA) is 86.4 Å². The van der Waals surface area contributed by atoms with Crippen LogP contribution in [0.4, 0.5) is 11.9 Å². The molecule has 2 N–H and O–H groups in total. The Morgan fingerprint density at radius 2 is 1.85 bits per heavy atom. The summed E-state index contributed by atoms with van der Waals surface area (Å²) in [4.78, 5) is 14.6. The standard InChI is InChI=1S/C13H25N5O2/c1-5-10(6-2)18(8-9-19-4)12-15-11(14)16-13(17-12)20-7-3/h10H,5-9H2,1-4H3,(H2,14,15,16,17). The summed E-state index contributed by atoms with van der Waals surface area (Å²) in [7, 11) is 1.68. The summed E-state index contributed by atoms with van der Waals surface area (Å²) in [6, 6.07) is 0.602. The second-order valence-electron chi connectivity index (χ2n) is 4.37. The molecule has 0 saturated heterocycles. The van der Waals surface area contributed by atoms with Crippen LogP contribution in [0, 0.1) is 0 Å². The summed E-state index contributed by atoms with van der Waals surface area (Å²) in [5, 5.41) is 0. The highest BCUT2D eigenvalue weighted by Crippen LogP contribution is 2.19. The lowest BCUT2D eigenvalue weighted by Gasteiger charge is -2.30.